The van der Waals surface area contributed by atoms with Crippen LogP contribution >= 0.6 is 11.3 Å². The number of nitrogens with zero attached hydrogens (tertiary/aromatic N) is 2. The molecular weight excluding hydrogens is 266 g/mol. The molecular formula is C12H11N3O3S. The van der Waals surface area contributed by atoms with E-state index in [2.05, 4.69) is 10.3 Å². The van der Waals surface area contributed by atoms with Gasteiger partial charge in [0.2, 0.25) is 0 Å². The molecule has 2 aromatic rings. The Hall–Kier alpha value is -2.28. The number of nitrogens with one attached hydrogen (secondary N) is 1. The SMILES string of the molecule is Cc1ccc(C(=O)Nc2ncc([N+](=O)[O-])s2)cc1C. The second-order valence-electron chi connectivity index (χ2n) is 4.01. The van der Waals surface area contributed by atoms with Gasteiger partial charge in [-0.15, -0.1) is 0 Å². The number of rotatable bonds is 3. The lowest BCUT2D eigenvalue weighted by atomic mass is 10.1. The van der Waals surface area contributed by atoms with Crippen molar-refractivity contribution in [2.75, 3.05) is 5.32 Å². The van der Waals surface area contributed by atoms with Crippen LogP contribution in [0.5, 0.6) is 0 Å². The van der Waals surface area contributed by atoms with Gasteiger partial charge in [-0.1, -0.05) is 6.07 Å². The summed E-state index contributed by atoms with van der Waals surface area (Å²) in [6.45, 7) is 3.88. The van der Waals surface area contributed by atoms with Gasteiger partial charge in [-0.3, -0.25) is 20.2 Å². The van der Waals surface area contributed by atoms with E-state index in [1.807, 2.05) is 19.9 Å². The largest absolute Gasteiger partial charge is 0.345 e. The van der Waals surface area contributed by atoms with Crippen LogP contribution < -0.4 is 5.32 Å². The molecule has 0 fully saturated rings. The molecule has 98 valence electrons. The van der Waals surface area contributed by atoms with Crippen LogP contribution in [0.15, 0.2) is 24.4 Å². The Morgan fingerprint density at radius 3 is 2.68 bits per heavy atom. The molecule has 1 N–H and O–H groups in total. The van der Waals surface area contributed by atoms with E-state index in [-0.39, 0.29) is 16.0 Å². The normalized spacial score (nSPS) is 10.2. The summed E-state index contributed by atoms with van der Waals surface area (Å²) in [7, 11) is 0. The molecule has 0 saturated carbocycles. The zero-order valence-corrected chi connectivity index (χ0v) is 11.2. The van der Waals surface area contributed by atoms with Crippen molar-refractivity contribution in [3.8, 4) is 0 Å². The third-order valence-electron chi connectivity index (χ3n) is 2.66. The molecule has 0 bridgehead atoms. The van der Waals surface area contributed by atoms with Crippen LogP contribution in [0.3, 0.4) is 0 Å². The first-order valence-electron chi connectivity index (χ1n) is 5.46. The lowest BCUT2D eigenvalue weighted by molar-refractivity contribution is -0.380. The van der Waals surface area contributed by atoms with Gasteiger partial charge in [0.25, 0.3) is 5.91 Å². The van der Waals surface area contributed by atoms with Crippen molar-refractivity contribution in [1.29, 1.82) is 0 Å². The van der Waals surface area contributed by atoms with Crippen molar-refractivity contribution in [2.24, 2.45) is 0 Å². The number of carbonyl (C=O) groups excluding carboxylic acids is 1. The molecule has 0 atom stereocenters. The molecule has 0 aliphatic carbocycles. The van der Waals surface area contributed by atoms with Crippen molar-refractivity contribution in [3.05, 3.63) is 51.2 Å². The van der Waals surface area contributed by atoms with Gasteiger partial charge in [0.15, 0.2) is 5.13 Å². The van der Waals surface area contributed by atoms with Crippen LogP contribution in [-0.4, -0.2) is 15.8 Å². The summed E-state index contributed by atoms with van der Waals surface area (Å²) in [4.78, 5) is 25.7. The van der Waals surface area contributed by atoms with Gasteiger partial charge >= 0.3 is 5.00 Å². The monoisotopic (exact) mass is 277 g/mol. The molecule has 1 heterocycles. The van der Waals surface area contributed by atoms with Gasteiger partial charge < -0.3 is 0 Å². The van der Waals surface area contributed by atoms with E-state index in [0.29, 0.717) is 5.56 Å². The lowest BCUT2D eigenvalue weighted by Crippen LogP contribution is -2.11. The first kappa shape index (κ1) is 13.2. The predicted molar refractivity (Wildman–Crippen MR) is 72.6 cm³/mol. The standard InChI is InChI=1S/C12H11N3O3S/c1-7-3-4-9(5-8(7)2)11(16)14-12-13-6-10(19-12)15(17)18/h3-6H,1-2H3,(H,13,14,16). The molecule has 0 aliphatic heterocycles. The van der Waals surface area contributed by atoms with Gasteiger partial charge in [-0.2, -0.15) is 0 Å². The topological polar surface area (TPSA) is 85.1 Å². The van der Waals surface area contributed by atoms with Crippen molar-refractivity contribution in [2.45, 2.75) is 13.8 Å². The number of benzene rings is 1. The molecule has 2 rings (SSSR count). The van der Waals surface area contributed by atoms with Crippen molar-refractivity contribution in [1.82, 2.24) is 4.98 Å². The summed E-state index contributed by atoms with van der Waals surface area (Å²) in [6.07, 6.45) is 1.13. The van der Waals surface area contributed by atoms with Crippen LogP contribution in [0, 0.1) is 24.0 Å². The zero-order valence-electron chi connectivity index (χ0n) is 10.3. The number of nitro groups is 1. The van der Waals surface area contributed by atoms with Crippen LogP contribution in [0.4, 0.5) is 10.1 Å². The number of anilines is 1. The number of carbonyl (C=O) groups is 1. The van der Waals surface area contributed by atoms with E-state index in [1.165, 1.54) is 0 Å². The fourth-order valence-corrected chi connectivity index (χ4v) is 2.09. The fraction of sp³-hybridized carbons (Fsp3) is 0.167. The van der Waals surface area contributed by atoms with Crippen molar-refractivity contribution >= 4 is 27.4 Å². The van der Waals surface area contributed by atoms with Gasteiger partial charge in [0.1, 0.15) is 6.20 Å². The lowest BCUT2D eigenvalue weighted by Gasteiger charge is -2.04. The Kier molecular flexibility index (Phi) is 3.57. The maximum Gasteiger partial charge on any atom is 0.345 e. The van der Waals surface area contributed by atoms with Gasteiger partial charge in [-0.05, 0) is 48.4 Å². The number of thiazole rings is 1. The van der Waals surface area contributed by atoms with Crippen LogP contribution in [0.2, 0.25) is 0 Å². The van der Waals surface area contributed by atoms with Gasteiger partial charge in [0.05, 0.1) is 4.92 Å². The number of hydrogen-bond acceptors (Lipinski definition) is 5. The maximum atomic E-state index is 11.9. The Morgan fingerprint density at radius 1 is 1.37 bits per heavy atom. The average molecular weight is 277 g/mol. The predicted octanol–water partition coefficient (Wildman–Crippen LogP) is 2.92. The number of hydrogen-bond donors (Lipinski definition) is 1. The molecule has 6 nitrogen and oxygen atoms in total. The van der Waals surface area contributed by atoms with E-state index in [1.54, 1.807) is 12.1 Å². The average Bonchev–Trinajstić information content (AvgIpc) is 2.81. The van der Waals surface area contributed by atoms with Crippen molar-refractivity contribution < 1.29 is 9.72 Å². The Morgan fingerprint density at radius 2 is 2.11 bits per heavy atom. The quantitative estimate of drug-likeness (QED) is 0.690. The zero-order chi connectivity index (χ0) is 14.0. The molecule has 0 unspecified atom stereocenters. The van der Waals surface area contributed by atoms with E-state index in [0.717, 1.165) is 28.7 Å². The van der Waals surface area contributed by atoms with Crippen LogP contribution in [-0.2, 0) is 0 Å². The summed E-state index contributed by atoms with van der Waals surface area (Å²) in [5.74, 6) is -0.327. The molecule has 1 aromatic heterocycles. The van der Waals surface area contributed by atoms with E-state index < -0.39 is 4.92 Å². The molecule has 1 aromatic carbocycles. The minimum atomic E-state index is -0.538. The second-order valence-corrected chi connectivity index (χ2v) is 5.02. The molecule has 19 heavy (non-hydrogen) atoms. The van der Waals surface area contributed by atoms with E-state index >= 15 is 0 Å². The summed E-state index contributed by atoms with van der Waals surface area (Å²) in [5, 5.41) is 13.2. The number of amides is 1. The minimum Gasteiger partial charge on any atom is -0.298 e. The third-order valence-corrected chi connectivity index (χ3v) is 3.53. The fourth-order valence-electron chi connectivity index (χ4n) is 1.46. The molecule has 0 spiro atoms. The summed E-state index contributed by atoms with van der Waals surface area (Å²) < 4.78 is 0. The second kappa shape index (κ2) is 5.15. The summed E-state index contributed by atoms with van der Waals surface area (Å²) >= 11 is 0.829. The molecule has 7 heteroatoms. The highest BCUT2D eigenvalue weighted by Gasteiger charge is 2.14. The van der Waals surface area contributed by atoms with Gasteiger partial charge in [0, 0.05) is 5.56 Å². The van der Waals surface area contributed by atoms with E-state index in [4.69, 9.17) is 0 Å². The first-order chi connectivity index (χ1) is 8.97. The van der Waals surface area contributed by atoms with Crippen LogP contribution in [0.1, 0.15) is 21.5 Å². The van der Waals surface area contributed by atoms with Crippen LogP contribution in [0.25, 0.3) is 0 Å². The molecule has 1 amide bonds. The highest BCUT2D eigenvalue weighted by molar-refractivity contribution is 7.18. The molecule has 0 saturated heterocycles. The highest BCUT2D eigenvalue weighted by Crippen LogP contribution is 2.25. The number of aromatic nitrogens is 1. The molecule has 0 radical (unpaired) electrons. The van der Waals surface area contributed by atoms with Crippen molar-refractivity contribution in [3.63, 3.8) is 0 Å². The number of aryl methyl sites for hydroxylation is 2. The molecule has 0 aliphatic rings. The Labute approximate surface area is 113 Å². The smallest absolute Gasteiger partial charge is 0.298 e. The summed E-state index contributed by atoms with van der Waals surface area (Å²) in [5.41, 5.74) is 2.61. The van der Waals surface area contributed by atoms with Gasteiger partial charge in [-0.25, -0.2) is 4.98 Å². The first-order valence-corrected chi connectivity index (χ1v) is 6.28. The van der Waals surface area contributed by atoms with E-state index in [9.17, 15) is 14.9 Å². The minimum absolute atomic E-state index is 0.101. The maximum absolute atomic E-state index is 11.9. The third kappa shape index (κ3) is 2.94. The summed E-state index contributed by atoms with van der Waals surface area (Å²) in [6, 6.07) is 5.33. The Balaban J connectivity index is 2.15. The Bertz CT molecular complexity index is 651. The highest BCUT2D eigenvalue weighted by atomic mass is 32.1.